The topological polar surface area (TPSA) is 25.2 Å². The Morgan fingerprint density at radius 1 is 1.22 bits per heavy atom. The molecule has 2 nitrogen and oxygen atoms in total. The zero-order valence-corrected chi connectivity index (χ0v) is 11.8. The molecule has 2 rings (SSSR count). The molecule has 0 aliphatic rings. The van der Waals surface area contributed by atoms with E-state index in [0.29, 0.717) is 10.0 Å². The smallest absolute Gasteiger partial charge is 0.125 e. The molecule has 4 heteroatoms. The number of aryl methyl sites for hydroxylation is 1. The lowest BCUT2D eigenvalue weighted by Crippen LogP contribution is -2.17. The number of rotatable bonds is 4. The fourth-order valence-corrected chi connectivity index (χ4v) is 2.35. The highest BCUT2D eigenvalue weighted by molar-refractivity contribution is 6.42. The molecule has 0 fully saturated rings. The summed E-state index contributed by atoms with van der Waals surface area (Å²) in [6, 6.07) is 9.48. The number of hydrogen-bond donors (Lipinski definition) is 1. The monoisotopic (exact) mass is 283 g/mol. The van der Waals surface area contributed by atoms with Crippen LogP contribution in [0.4, 0.5) is 0 Å². The SMILES string of the molecule is CCc1ccc(C(NC)c2cccc(Cl)c2Cl)o1. The van der Waals surface area contributed by atoms with Crippen molar-refractivity contribution in [3.05, 3.63) is 57.5 Å². The lowest BCUT2D eigenvalue weighted by Gasteiger charge is -2.16. The Hall–Kier alpha value is -0.960. The number of furan rings is 1. The van der Waals surface area contributed by atoms with Gasteiger partial charge in [0.1, 0.15) is 11.5 Å². The first-order chi connectivity index (χ1) is 8.67. The van der Waals surface area contributed by atoms with Crippen molar-refractivity contribution in [2.24, 2.45) is 0 Å². The summed E-state index contributed by atoms with van der Waals surface area (Å²) < 4.78 is 5.77. The molecular weight excluding hydrogens is 269 g/mol. The maximum atomic E-state index is 6.24. The third-order valence-corrected chi connectivity index (χ3v) is 3.73. The van der Waals surface area contributed by atoms with E-state index in [1.807, 2.05) is 31.3 Å². The molecule has 18 heavy (non-hydrogen) atoms. The molecule has 0 spiro atoms. The Morgan fingerprint density at radius 3 is 2.61 bits per heavy atom. The second-order valence-electron chi connectivity index (χ2n) is 4.02. The molecule has 0 aliphatic carbocycles. The van der Waals surface area contributed by atoms with Crippen LogP contribution in [0.15, 0.2) is 34.7 Å². The third kappa shape index (κ3) is 2.56. The molecule has 1 aromatic heterocycles. The molecule has 0 radical (unpaired) electrons. The Bertz CT molecular complexity index is 536. The zero-order chi connectivity index (χ0) is 13.1. The van der Waals surface area contributed by atoms with Gasteiger partial charge in [-0.3, -0.25) is 0 Å². The molecule has 2 aromatic rings. The van der Waals surface area contributed by atoms with E-state index in [1.165, 1.54) is 0 Å². The highest BCUT2D eigenvalue weighted by Gasteiger charge is 2.19. The van der Waals surface area contributed by atoms with Crippen LogP contribution in [0, 0.1) is 0 Å². The fraction of sp³-hybridized carbons (Fsp3) is 0.286. The van der Waals surface area contributed by atoms with Gasteiger partial charge in [-0.25, -0.2) is 0 Å². The first kappa shape index (κ1) is 13.5. The van der Waals surface area contributed by atoms with Crippen LogP contribution in [0.25, 0.3) is 0 Å². The highest BCUT2D eigenvalue weighted by atomic mass is 35.5. The van der Waals surface area contributed by atoms with Gasteiger partial charge in [0, 0.05) is 6.42 Å². The Balaban J connectivity index is 2.41. The Kier molecular flexibility index (Phi) is 4.33. The number of halogens is 2. The minimum absolute atomic E-state index is 0.0866. The largest absolute Gasteiger partial charge is 0.464 e. The van der Waals surface area contributed by atoms with Gasteiger partial charge in [0.25, 0.3) is 0 Å². The van der Waals surface area contributed by atoms with E-state index in [1.54, 1.807) is 6.07 Å². The van der Waals surface area contributed by atoms with Crippen molar-refractivity contribution in [3.8, 4) is 0 Å². The number of benzene rings is 1. The van der Waals surface area contributed by atoms with Crippen molar-refractivity contribution in [1.82, 2.24) is 5.32 Å². The average molecular weight is 284 g/mol. The standard InChI is InChI=1S/C14H15Cl2NO/c1-3-9-7-8-12(18-9)14(17-2)10-5-4-6-11(15)13(10)16/h4-8,14,17H,3H2,1-2H3. The van der Waals surface area contributed by atoms with Crippen LogP contribution in [0.3, 0.4) is 0 Å². The van der Waals surface area contributed by atoms with Crippen LogP contribution in [-0.2, 0) is 6.42 Å². The predicted octanol–water partition coefficient (Wildman–Crippen LogP) is 4.46. The van der Waals surface area contributed by atoms with Crippen molar-refractivity contribution in [2.45, 2.75) is 19.4 Å². The lowest BCUT2D eigenvalue weighted by molar-refractivity contribution is 0.434. The van der Waals surface area contributed by atoms with E-state index in [9.17, 15) is 0 Å². The summed E-state index contributed by atoms with van der Waals surface area (Å²) in [4.78, 5) is 0. The highest BCUT2D eigenvalue weighted by Crippen LogP contribution is 2.33. The maximum Gasteiger partial charge on any atom is 0.125 e. The Morgan fingerprint density at radius 2 is 2.00 bits per heavy atom. The van der Waals surface area contributed by atoms with Gasteiger partial charge in [-0.05, 0) is 30.8 Å². The molecule has 0 bridgehead atoms. The van der Waals surface area contributed by atoms with E-state index >= 15 is 0 Å². The number of nitrogens with one attached hydrogen (secondary N) is 1. The molecular formula is C14H15Cl2NO. The van der Waals surface area contributed by atoms with Gasteiger partial charge in [0.15, 0.2) is 0 Å². The van der Waals surface area contributed by atoms with E-state index in [2.05, 4.69) is 12.2 Å². The lowest BCUT2D eigenvalue weighted by atomic mass is 10.0. The molecule has 1 aromatic carbocycles. The summed E-state index contributed by atoms with van der Waals surface area (Å²) in [5.74, 6) is 1.81. The second kappa shape index (κ2) is 5.79. The molecule has 0 amide bonds. The van der Waals surface area contributed by atoms with Gasteiger partial charge in [0.2, 0.25) is 0 Å². The normalized spacial score (nSPS) is 12.7. The first-order valence-electron chi connectivity index (χ1n) is 5.87. The Labute approximate surface area is 117 Å². The predicted molar refractivity (Wildman–Crippen MR) is 75.5 cm³/mol. The van der Waals surface area contributed by atoms with Crippen molar-refractivity contribution in [1.29, 1.82) is 0 Å². The summed E-state index contributed by atoms with van der Waals surface area (Å²) in [6.07, 6.45) is 0.875. The van der Waals surface area contributed by atoms with Gasteiger partial charge in [-0.1, -0.05) is 42.3 Å². The third-order valence-electron chi connectivity index (χ3n) is 2.90. The summed E-state index contributed by atoms with van der Waals surface area (Å²) in [6.45, 7) is 2.06. The van der Waals surface area contributed by atoms with Gasteiger partial charge in [-0.15, -0.1) is 0 Å². The molecule has 96 valence electrons. The average Bonchev–Trinajstić information content (AvgIpc) is 2.84. The summed E-state index contributed by atoms with van der Waals surface area (Å²) in [7, 11) is 1.87. The zero-order valence-electron chi connectivity index (χ0n) is 10.3. The van der Waals surface area contributed by atoms with E-state index in [0.717, 1.165) is 23.5 Å². The van der Waals surface area contributed by atoms with Gasteiger partial charge < -0.3 is 9.73 Å². The molecule has 0 saturated heterocycles. The van der Waals surface area contributed by atoms with Crippen LogP contribution in [0.5, 0.6) is 0 Å². The van der Waals surface area contributed by atoms with Gasteiger partial charge >= 0.3 is 0 Å². The van der Waals surface area contributed by atoms with Crippen molar-refractivity contribution in [2.75, 3.05) is 7.05 Å². The molecule has 1 unspecified atom stereocenters. The molecule has 0 aliphatic heterocycles. The minimum Gasteiger partial charge on any atom is -0.464 e. The molecule has 1 heterocycles. The van der Waals surface area contributed by atoms with Gasteiger partial charge in [-0.2, -0.15) is 0 Å². The number of hydrogen-bond acceptors (Lipinski definition) is 2. The fourth-order valence-electron chi connectivity index (χ4n) is 1.93. The van der Waals surface area contributed by atoms with Gasteiger partial charge in [0.05, 0.1) is 16.1 Å². The van der Waals surface area contributed by atoms with Crippen LogP contribution >= 0.6 is 23.2 Å². The van der Waals surface area contributed by atoms with Crippen LogP contribution < -0.4 is 5.32 Å². The maximum absolute atomic E-state index is 6.24. The van der Waals surface area contributed by atoms with Crippen LogP contribution in [-0.4, -0.2) is 7.05 Å². The van der Waals surface area contributed by atoms with Crippen molar-refractivity contribution >= 4 is 23.2 Å². The quantitative estimate of drug-likeness (QED) is 0.896. The van der Waals surface area contributed by atoms with E-state index < -0.39 is 0 Å². The molecule has 1 atom stereocenters. The van der Waals surface area contributed by atoms with Crippen LogP contribution in [0.1, 0.15) is 30.0 Å². The summed E-state index contributed by atoms with van der Waals surface area (Å²) in [5, 5.41) is 4.32. The van der Waals surface area contributed by atoms with Crippen molar-refractivity contribution in [3.63, 3.8) is 0 Å². The summed E-state index contributed by atoms with van der Waals surface area (Å²) >= 11 is 12.3. The second-order valence-corrected chi connectivity index (χ2v) is 4.81. The molecule has 1 N–H and O–H groups in total. The van der Waals surface area contributed by atoms with Crippen molar-refractivity contribution < 1.29 is 4.42 Å². The van der Waals surface area contributed by atoms with E-state index in [-0.39, 0.29) is 6.04 Å². The molecule has 0 saturated carbocycles. The van der Waals surface area contributed by atoms with E-state index in [4.69, 9.17) is 27.6 Å². The minimum atomic E-state index is -0.0866. The first-order valence-corrected chi connectivity index (χ1v) is 6.62. The van der Waals surface area contributed by atoms with Crippen LogP contribution in [0.2, 0.25) is 10.0 Å². The summed E-state index contributed by atoms with van der Waals surface area (Å²) in [5.41, 5.74) is 0.920.